The van der Waals surface area contributed by atoms with Crippen LogP contribution < -0.4 is 0 Å². The Morgan fingerprint density at radius 2 is 1.50 bits per heavy atom. The second-order valence-electron chi connectivity index (χ2n) is 17.6. The van der Waals surface area contributed by atoms with Crippen molar-refractivity contribution in [2.24, 2.45) is 55.7 Å². The number of hydrogen-bond donors (Lipinski definition) is 0. The molecule has 6 rings (SSSR count). The zero-order chi connectivity index (χ0) is 32.1. The van der Waals surface area contributed by atoms with E-state index in [1.807, 2.05) is 30.3 Å². The Balaban J connectivity index is 1.37. The van der Waals surface area contributed by atoms with Crippen molar-refractivity contribution in [3.8, 4) is 0 Å². The van der Waals surface area contributed by atoms with E-state index in [-0.39, 0.29) is 73.8 Å². The highest BCUT2D eigenvalue weighted by Crippen LogP contribution is 2.78. The lowest BCUT2D eigenvalue weighted by Crippen LogP contribution is -2.67. The minimum atomic E-state index is -0.608. The largest absolute Gasteiger partial charge is 0.460 e. The number of fused-ring (bicyclic) bond motifs is 7. The summed E-state index contributed by atoms with van der Waals surface area (Å²) in [5.41, 5.74) is 0.621. The summed E-state index contributed by atoms with van der Waals surface area (Å²) in [4.78, 5) is 41.0. The third-order valence-electron chi connectivity index (χ3n) is 15.3. The highest BCUT2D eigenvalue weighted by molar-refractivity contribution is 6.64. The summed E-state index contributed by atoms with van der Waals surface area (Å²) in [6, 6.07) is 9.90. The van der Waals surface area contributed by atoms with Gasteiger partial charge in [0.15, 0.2) is 5.78 Å². The van der Waals surface area contributed by atoms with Crippen LogP contribution in [0.1, 0.15) is 119 Å². The van der Waals surface area contributed by atoms with E-state index in [0.717, 1.165) is 56.9 Å². The van der Waals surface area contributed by atoms with E-state index < -0.39 is 5.41 Å². The van der Waals surface area contributed by atoms with E-state index in [4.69, 9.17) is 16.3 Å². The first-order valence-corrected chi connectivity index (χ1v) is 17.4. The molecule has 44 heavy (non-hydrogen) atoms. The first kappa shape index (κ1) is 32.0. The van der Waals surface area contributed by atoms with Crippen molar-refractivity contribution < 1.29 is 19.1 Å². The van der Waals surface area contributed by atoms with Gasteiger partial charge in [-0.15, -0.1) is 0 Å². The van der Waals surface area contributed by atoms with Crippen molar-refractivity contribution in [3.63, 3.8) is 0 Å². The summed E-state index contributed by atoms with van der Waals surface area (Å²) in [7, 11) is 0. The van der Waals surface area contributed by atoms with Crippen LogP contribution in [-0.2, 0) is 25.7 Å². The Morgan fingerprint density at radius 3 is 2.16 bits per heavy atom. The molecule has 240 valence electrons. The number of hydrogen-bond acceptors (Lipinski definition) is 4. The topological polar surface area (TPSA) is 60.4 Å². The van der Waals surface area contributed by atoms with Gasteiger partial charge in [0.2, 0.25) is 5.24 Å². The molecule has 0 spiro atoms. The molecule has 5 aliphatic rings. The zero-order valence-corrected chi connectivity index (χ0v) is 29.0. The van der Waals surface area contributed by atoms with Gasteiger partial charge in [0.05, 0.1) is 5.41 Å². The molecule has 4 fully saturated rings. The van der Waals surface area contributed by atoms with Crippen molar-refractivity contribution in [1.82, 2.24) is 0 Å². The molecule has 0 heterocycles. The van der Waals surface area contributed by atoms with Crippen molar-refractivity contribution in [2.45, 2.75) is 120 Å². The molecule has 5 aliphatic carbocycles. The van der Waals surface area contributed by atoms with Crippen molar-refractivity contribution in [2.75, 3.05) is 0 Å². The molecule has 0 amide bonds. The van der Waals surface area contributed by atoms with E-state index in [0.29, 0.717) is 6.42 Å². The minimum Gasteiger partial charge on any atom is -0.460 e. The first-order chi connectivity index (χ1) is 20.4. The van der Waals surface area contributed by atoms with Crippen molar-refractivity contribution >= 4 is 28.6 Å². The number of carbonyl (C=O) groups is 3. The quantitative estimate of drug-likeness (QED) is 0.248. The molecule has 0 radical (unpaired) electrons. The predicted molar refractivity (Wildman–Crippen MR) is 175 cm³/mol. The van der Waals surface area contributed by atoms with Gasteiger partial charge in [0.1, 0.15) is 6.61 Å². The van der Waals surface area contributed by atoms with Crippen LogP contribution in [0.5, 0.6) is 0 Å². The standard InChI is InChI=1S/C39H53ClO4/c1-33(2)26(31(40)42)14-16-36(5)28(33)15-17-38(7)30(36)27(41)22-29-37(38,6)21-20-35(4)19-18-34(3,24-39(29,35)8)32(43)44-23-25-12-10-9-11-13-25/h9-13,22,26,28,30H,14-21,23-24H2,1-8H3/t26-,28+,30-,34+,35-,36+,37-,38-,39?/m1/s1. The lowest BCUT2D eigenvalue weighted by atomic mass is 9.31. The third kappa shape index (κ3) is 4.17. The number of halogens is 1. The molecule has 1 aromatic carbocycles. The Kier molecular flexibility index (Phi) is 7.30. The Hall–Kier alpha value is -1.94. The maximum atomic E-state index is 14.7. The molecule has 0 saturated heterocycles. The average Bonchev–Trinajstić information content (AvgIpc) is 2.94. The van der Waals surface area contributed by atoms with Crippen molar-refractivity contribution in [1.29, 1.82) is 0 Å². The second kappa shape index (κ2) is 10.0. The van der Waals surface area contributed by atoms with Gasteiger partial charge in [0, 0.05) is 11.8 Å². The molecule has 1 unspecified atom stereocenters. The molecule has 4 saturated carbocycles. The molecule has 4 nitrogen and oxygen atoms in total. The van der Waals surface area contributed by atoms with Gasteiger partial charge in [-0.05, 0) is 126 Å². The molecule has 0 N–H and O–H groups in total. The maximum Gasteiger partial charge on any atom is 0.312 e. The number of allylic oxidation sites excluding steroid dienone is 2. The van der Waals surface area contributed by atoms with E-state index >= 15 is 0 Å². The summed E-state index contributed by atoms with van der Waals surface area (Å²) in [6.07, 6.45) is 10.3. The van der Waals surface area contributed by atoms with Crippen LogP contribution in [0.4, 0.5) is 0 Å². The molecular formula is C39H53ClO4. The smallest absolute Gasteiger partial charge is 0.312 e. The van der Waals surface area contributed by atoms with E-state index in [1.165, 1.54) is 5.57 Å². The second-order valence-corrected chi connectivity index (χ2v) is 18.0. The fourth-order valence-electron chi connectivity index (χ4n) is 12.3. The summed E-state index contributed by atoms with van der Waals surface area (Å²) in [6.45, 7) is 18.8. The van der Waals surface area contributed by atoms with Crippen LogP contribution in [0.15, 0.2) is 42.0 Å². The number of carbonyl (C=O) groups excluding carboxylic acids is 3. The number of esters is 1. The van der Waals surface area contributed by atoms with E-state index in [1.54, 1.807) is 0 Å². The highest BCUT2D eigenvalue weighted by Gasteiger charge is 2.72. The zero-order valence-electron chi connectivity index (χ0n) is 28.3. The van der Waals surface area contributed by atoms with Crippen LogP contribution in [0, 0.1) is 55.7 Å². The SMILES string of the molecule is CC1(C)[C@@H](C(=O)Cl)CC[C@]2(C)[C@H]3C(=O)C=C4C5(C)C[C@@](C)(C(=O)OCc6ccccc6)CC[C@]5(C)CC[C@@]4(C)[C@]3(C)CC[C@@H]12. The van der Waals surface area contributed by atoms with Gasteiger partial charge < -0.3 is 4.74 Å². The van der Waals surface area contributed by atoms with Crippen molar-refractivity contribution in [3.05, 3.63) is 47.5 Å². The third-order valence-corrected chi connectivity index (χ3v) is 15.6. The lowest BCUT2D eigenvalue weighted by molar-refractivity contribution is -0.200. The number of rotatable bonds is 4. The van der Waals surface area contributed by atoms with Crippen LogP contribution in [0.3, 0.4) is 0 Å². The minimum absolute atomic E-state index is 0.0168. The van der Waals surface area contributed by atoms with Gasteiger partial charge in [-0.25, -0.2) is 0 Å². The van der Waals surface area contributed by atoms with Gasteiger partial charge in [-0.3, -0.25) is 14.4 Å². The van der Waals surface area contributed by atoms with Crippen LogP contribution in [0.25, 0.3) is 0 Å². The fraction of sp³-hybridized carbons (Fsp3) is 0.718. The predicted octanol–water partition coefficient (Wildman–Crippen LogP) is 9.48. The fourth-order valence-corrected chi connectivity index (χ4v) is 12.7. The number of ketones is 1. The lowest BCUT2D eigenvalue weighted by Gasteiger charge is -2.72. The molecule has 0 aromatic heterocycles. The van der Waals surface area contributed by atoms with Gasteiger partial charge in [-0.2, -0.15) is 0 Å². The first-order valence-electron chi connectivity index (χ1n) is 17.1. The summed E-state index contributed by atoms with van der Waals surface area (Å²) in [5, 5.41) is -0.225. The van der Waals surface area contributed by atoms with E-state index in [2.05, 4.69) is 61.5 Å². The highest BCUT2D eigenvalue weighted by atomic mass is 35.5. The van der Waals surface area contributed by atoms with Gasteiger partial charge >= 0.3 is 5.97 Å². The summed E-state index contributed by atoms with van der Waals surface area (Å²) < 4.78 is 5.97. The molecule has 0 bridgehead atoms. The van der Waals surface area contributed by atoms with Gasteiger partial charge in [0.25, 0.3) is 0 Å². The average molecular weight is 621 g/mol. The normalized spacial score (nSPS) is 46.0. The maximum absolute atomic E-state index is 14.7. The summed E-state index contributed by atoms with van der Waals surface area (Å²) in [5.74, 6) is 0.154. The molecule has 9 atom stereocenters. The Labute approximate surface area is 270 Å². The Morgan fingerprint density at radius 1 is 0.841 bits per heavy atom. The molecular weight excluding hydrogens is 568 g/mol. The molecule has 0 aliphatic heterocycles. The number of benzene rings is 1. The van der Waals surface area contributed by atoms with Crippen LogP contribution in [-0.4, -0.2) is 17.0 Å². The van der Waals surface area contributed by atoms with Crippen LogP contribution in [0.2, 0.25) is 0 Å². The monoisotopic (exact) mass is 620 g/mol. The van der Waals surface area contributed by atoms with Crippen LogP contribution >= 0.6 is 11.6 Å². The molecule has 5 heteroatoms. The Bertz CT molecular complexity index is 1410. The number of ether oxygens (including phenoxy) is 1. The van der Waals surface area contributed by atoms with E-state index in [9.17, 15) is 14.4 Å². The summed E-state index contributed by atoms with van der Waals surface area (Å²) >= 11 is 6.17. The van der Waals surface area contributed by atoms with Gasteiger partial charge in [-0.1, -0.05) is 84.4 Å². The molecule has 1 aromatic rings.